The molecule has 2 nitrogen and oxygen atoms in total. The van der Waals surface area contributed by atoms with E-state index in [2.05, 4.69) is 13.0 Å². The minimum absolute atomic E-state index is 0.254. The van der Waals surface area contributed by atoms with Gasteiger partial charge in [0.15, 0.2) is 0 Å². The second kappa shape index (κ2) is 4.78. The van der Waals surface area contributed by atoms with Crippen molar-refractivity contribution in [2.75, 3.05) is 5.73 Å². The smallest absolute Gasteiger partial charge is 0.147 e. The Hall–Kier alpha value is -2.09. The van der Waals surface area contributed by atoms with E-state index in [9.17, 15) is 4.79 Å². The number of carbonyl (C=O) groups excluding carboxylic acids is 1. The summed E-state index contributed by atoms with van der Waals surface area (Å²) in [6.45, 7) is 2.06. The molecule has 20 heavy (non-hydrogen) atoms. The lowest BCUT2D eigenvalue weighted by Crippen LogP contribution is -2.22. The standard InChI is InChI=1S/C18H19NO/c1-13-4-2-3-5-14(13)12-17(20)18(10-11-18)15-6-8-16(19)9-7-15/h2-9H,10-12,19H2,1H3. The van der Waals surface area contributed by atoms with Crippen LogP contribution >= 0.6 is 0 Å². The van der Waals surface area contributed by atoms with Crippen molar-refractivity contribution in [3.8, 4) is 0 Å². The lowest BCUT2D eigenvalue weighted by Gasteiger charge is -2.15. The number of nitrogens with two attached hydrogens (primary N) is 1. The molecule has 0 spiro atoms. The van der Waals surface area contributed by atoms with Crippen LogP contribution < -0.4 is 5.73 Å². The summed E-state index contributed by atoms with van der Waals surface area (Å²) in [4.78, 5) is 12.7. The highest BCUT2D eigenvalue weighted by molar-refractivity contribution is 5.94. The molecule has 0 radical (unpaired) electrons. The summed E-state index contributed by atoms with van der Waals surface area (Å²) < 4.78 is 0. The number of hydrogen-bond acceptors (Lipinski definition) is 2. The fourth-order valence-corrected chi connectivity index (χ4v) is 2.81. The first-order chi connectivity index (χ1) is 9.62. The minimum Gasteiger partial charge on any atom is -0.399 e. The SMILES string of the molecule is Cc1ccccc1CC(=O)C1(c2ccc(N)cc2)CC1. The van der Waals surface area contributed by atoms with Crippen molar-refractivity contribution in [3.63, 3.8) is 0 Å². The van der Waals surface area contributed by atoms with Crippen LogP contribution in [0.15, 0.2) is 48.5 Å². The van der Waals surface area contributed by atoms with Crippen LogP contribution in [0.1, 0.15) is 29.5 Å². The fraction of sp³-hybridized carbons (Fsp3) is 0.278. The lowest BCUT2D eigenvalue weighted by molar-refractivity contribution is -0.120. The number of carbonyl (C=O) groups is 1. The molecule has 3 rings (SSSR count). The number of aryl methyl sites for hydroxylation is 1. The van der Waals surface area contributed by atoms with Gasteiger partial charge in [-0.2, -0.15) is 0 Å². The maximum Gasteiger partial charge on any atom is 0.147 e. The monoisotopic (exact) mass is 265 g/mol. The molecular formula is C18H19NO. The van der Waals surface area contributed by atoms with E-state index >= 15 is 0 Å². The summed E-state index contributed by atoms with van der Waals surface area (Å²) in [6.07, 6.45) is 2.44. The number of benzene rings is 2. The Labute approximate surface area is 119 Å². The highest BCUT2D eigenvalue weighted by atomic mass is 16.1. The van der Waals surface area contributed by atoms with Gasteiger partial charge in [-0.1, -0.05) is 36.4 Å². The summed E-state index contributed by atoms with van der Waals surface area (Å²) in [5.74, 6) is 0.330. The molecule has 0 saturated heterocycles. The van der Waals surface area contributed by atoms with Crippen LogP contribution in [-0.2, 0) is 16.6 Å². The molecule has 1 saturated carbocycles. The van der Waals surface area contributed by atoms with Crippen LogP contribution in [0.25, 0.3) is 0 Å². The van der Waals surface area contributed by atoms with Crippen molar-refractivity contribution in [2.24, 2.45) is 0 Å². The maximum atomic E-state index is 12.7. The van der Waals surface area contributed by atoms with Gasteiger partial charge in [0.2, 0.25) is 0 Å². The van der Waals surface area contributed by atoms with Gasteiger partial charge in [0.05, 0.1) is 5.41 Å². The topological polar surface area (TPSA) is 43.1 Å². The molecule has 1 aliphatic rings. The van der Waals surface area contributed by atoms with Gasteiger partial charge in [-0.05, 0) is 48.6 Å². The third-order valence-electron chi connectivity index (χ3n) is 4.36. The molecule has 2 N–H and O–H groups in total. The zero-order valence-corrected chi connectivity index (χ0v) is 11.7. The van der Waals surface area contributed by atoms with Gasteiger partial charge in [0.25, 0.3) is 0 Å². The molecule has 1 aliphatic carbocycles. The fourth-order valence-electron chi connectivity index (χ4n) is 2.81. The number of ketones is 1. The van der Waals surface area contributed by atoms with Gasteiger partial charge in [0, 0.05) is 12.1 Å². The Morgan fingerprint density at radius 1 is 1.10 bits per heavy atom. The summed E-state index contributed by atoms with van der Waals surface area (Å²) >= 11 is 0. The number of hydrogen-bond donors (Lipinski definition) is 1. The normalized spacial score (nSPS) is 15.8. The molecule has 1 fully saturated rings. The summed E-state index contributed by atoms with van der Waals surface area (Å²) in [7, 11) is 0. The molecular weight excluding hydrogens is 246 g/mol. The first kappa shape index (κ1) is 12.9. The highest BCUT2D eigenvalue weighted by Crippen LogP contribution is 2.49. The summed E-state index contributed by atoms with van der Waals surface area (Å²) in [5, 5.41) is 0. The van der Waals surface area contributed by atoms with Gasteiger partial charge in [-0.15, -0.1) is 0 Å². The Morgan fingerprint density at radius 3 is 2.35 bits per heavy atom. The predicted octanol–water partition coefficient (Wildman–Crippen LogP) is 3.42. The van der Waals surface area contributed by atoms with Crippen LogP contribution in [0.3, 0.4) is 0 Å². The zero-order chi connectivity index (χ0) is 14.2. The quantitative estimate of drug-likeness (QED) is 0.861. The lowest BCUT2D eigenvalue weighted by atomic mass is 9.87. The van der Waals surface area contributed by atoms with Crippen molar-refractivity contribution >= 4 is 11.5 Å². The predicted molar refractivity (Wildman–Crippen MR) is 81.7 cm³/mol. The maximum absolute atomic E-state index is 12.7. The molecule has 0 atom stereocenters. The van der Waals surface area contributed by atoms with Crippen molar-refractivity contribution in [2.45, 2.75) is 31.6 Å². The molecule has 102 valence electrons. The van der Waals surface area contributed by atoms with E-state index in [0.717, 1.165) is 29.7 Å². The van der Waals surface area contributed by atoms with Crippen LogP contribution in [-0.4, -0.2) is 5.78 Å². The van der Waals surface area contributed by atoms with Crippen LogP contribution in [0.4, 0.5) is 5.69 Å². The molecule has 0 amide bonds. The van der Waals surface area contributed by atoms with Gasteiger partial charge in [-0.3, -0.25) is 4.79 Å². The van der Waals surface area contributed by atoms with E-state index in [0.29, 0.717) is 12.2 Å². The number of Topliss-reactive ketones (excluding diaryl/α,β-unsaturated/α-hetero) is 1. The first-order valence-corrected chi connectivity index (χ1v) is 7.06. The van der Waals surface area contributed by atoms with Crippen LogP contribution in [0.2, 0.25) is 0 Å². The molecule has 0 bridgehead atoms. The summed E-state index contributed by atoms with van der Waals surface area (Å²) in [6, 6.07) is 15.9. The number of rotatable bonds is 4. The molecule has 0 heterocycles. The van der Waals surface area contributed by atoms with Crippen molar-refractivity contribution < 1.29 is 4.79 Å². The van der Waals surface area contributed by atoms with Gasteiger partial charge in [-0.25, -0.2) is 0 Å². The van der Waals surface area contributed by atoms with E-state index in [-0.39, 0.29) is 5.41 Å². The van der Waals surface area contributed by atoms with E-state index in [1.807, 2.05) is 42.5 Å². The molecule has 0 aromatic heterocycles. The highest BCUT2D eigenvalue weighted by Gasteiger charge is 2.50. The first-order valence-electron chi connectivity index (χ1n) is 7.06. The van der Waals surface area contributed by atoms with Gasteiger partial charge < -0.3 is 5.73 Å². The average Bonchev–Trinajstić information content (AvgIpc) is 3.24. The third kappa shape index (κ3) is 2.22. The summed E-state index contributed by atoms with van der Waals surface area (Å²) in [5.41, 5.74) is 9.66. The second-order valence-electron chi connectivity index (χ2n) is 5.73. The van der Waals surface area contributed by atoms with E-state index in [1.165, 1.54) is 5.56 Å². The number of nitrogen functional groups attached to an aromatic ring is 1. The molecule has 0 unspecified atom stereocenters. The Kier molecular flexibility index (Phi) is 3.09. The molecule has 2 aromatic carbocycles. The van der Waals surface area contributed by atoms with E-state index in [4.69, 9.17) is 5.73 Å². The molecule has 0 aliphatic heterocycles. The van der Waals surface area contributed by atoms with Crippen molar-refractivity contribution in [1.29, 1.82) is 0 Å². The van der Waals surface area contributed by atoms with Crippen molar-refractivity contribution in [3.05, 3.63) is 65.2 Å². The van der Waals surface area contributed by atoms with E-state index in [1.54, 1.807) is 0 Å². The van der Waals surface area contributed by atoms with Gasteiger partial charge >= 0.3 is 0 Å². The van der Waals surface area contributed by atoms with Crippen LogP contribution in [0, 0.1) is 6.92 Å². The zero-order valence-electron chi connectivity index (χ0n) is 11.7. The third-order valence-corrected chi connectivity index (χ3v) is 4.36. The largest absolute Gasteiger partial charge is 0.399 e. The molecule has 2 heteroatoms. The second-order valence-corrected chi connectivity index (χ2v) is 5.73. The number of anilines is 1. The minimum atomic E-state index is -0.254. The van der Waals surface area contributed by atoms with Crippen LogP contribution in [0.5, 0.6) is 0 Å². The molecule has 2 aromatic rings. The van der Waals surface area contributed by atoms with E-state index < -0.39 is 0 Å². The Bertz CT molecular complexity index is 639. The van der Waals surface area contributed by atoms with Crippen molar-refractivity contribution in [1.82, 2.24) is 0 Å². The average molecular weight is 265 g/mol. The Morgan fingerprint density at radius 2 is 1.75 bits per heavy atom. The Balaban J connectivity index is 1.84. The van der Waals surface area contributed by atoms with Gasteiger partial charge in [0.1, 0.15) is 5.78 Å².